The summed E-state index contributed by atoms with van der Waals surface area (Å²) in [5, 5.41) is 0. The SMILES string of the molecule is CCCC1CC=C(COc2cc3c(c(F)c2F)-c2c(cc(OCC)c(F)c2F)C3)OC1. The first kappa shape index (κ1) is 21.5. The molecule has 2 aromatic carbocycles. The molecule has 31 heavy (non-hydrogen) atoms. The Morgan fingerprint density at radius 2 is 1.52 bits per heavy atom. The van der Waals surface area contributed by atoms with Crippen LogP contribution in [0.15, 0.2) is 24.0 Å². The minimum absolute atomic E-state index is 0.0293. The maximum atomic E-state index is 14.9. The molecular formula is C24H24F4O3. The second kappa shape index (κ2) is 8.81. The number of fused-ring (bicyclic) bond motifs is 3. The van der Waals surface area contributed by atoms with Crippen LogP contribution in [0.25, 0.3) is 11.1 Å². The molecule has 0 N–H and O–H groups in total. The third-order valence-corrected chi connectivity index (χ3v) is 5.69. The van der Waals surface area contributed by atoms with Crippen molar-refractivity contribution >= 4 is 0 Å². The summed E-state index contributed by atoms with van der Waals surface area (Å²) < 4.78 is 74.8. The Balaban J connectivity index is 1.58. The van der Waals surface area contributed by atoms with Gasteiger partial charge in [0.05, 0.1) is 13.2 Å². The van der Waals surface area contributed by atoms with Crippen molar-refractivity contribution in [2.45, 2.75) is 39.5 Å². The molecule has 0 spiro atoms. The van der Waals surface area contributed by atoms with E-state index in [-0.39, 0.29) is 42.3 Å². The molecule has 0 saturated heterocycles. The molecule has 0 saturated carbocycles. The number of ether oxygens (including phenoxy) is 3. The van der Waals surface area contributed by atoms with Crippen LogP contribution in [-0.2, 0) is 11.2 Å². The van der Waals surface area contributed by atoms with Crippen LogP contribution in [0.5, 0.6) is 11.5 Å². The molecule has 0 amide bonds. The third-order valence-electron chi connectivity index (χ3n) is 5.69. The van der Waals surface area contributed by atoms with Crippen LogP contribution < -0.4 is 9.47 Å². The molecule has 166 valence electrons. The van der Waals surface area contributed by atoms with Gasteiger partial charge in [0.25, 0.3) is 0 Å². The normalized spacial score (nSPS) is 17.0. The van der Waals surface area contributed by atoms with E-state index >= 15 is 0 Å². The second-order valence-electron chi connectivity index (χ2n) is 7.84. The number of hydrogen-bond donors (Lipinski definition) is 0. The van der Waals surface area contributed by atoms with Crippen LogP contribution >= 0.6 is 0 Å². The Morgan fingerprint density at radius 1 is 0.903 bits per heavy atom. The summed E-state index contributed by atoms with van der Waals surface area (Å²) in [6.45, 7) is 4.46. The van der Waals surface area contributed by atoms with Gasteiger partial charge >= 0.3 is 0 Å². The molecule has 0 aromatic heterocycles. The highest BCUT2D eigenvalue weighted by Crippen LogP contribution is 2.45. The van der Waals surface area contributed by atoms with Gasteiger partial charge in [0.2, 0.25) is 11.6 Å². The zero-order chi connectivity index (χ0) is 22.1. The highest BCUT2D eigenvalue weighted by Gasteiger charge is 2.33. The Morgan fingerprint density at radius 3 is 2.03 bits per heavy atom. The van der Waals surface area contributed by atoms with E-state index < -0.39 is 23.3 Å². The Hall–Kier alpha value is -2.70. The second-order valence-corrected chi connectivity index (χ2v) is 7.84. The minimum Gasteiger partial charge on any atom is -0.494 e. The van der Waals surface area contributed by atoms with E-state index in [2.05, 4.69) is 6.92 Å². The van der Waals surface area contributed by atoms with Gasteiger partial charge in [-0.3, -0.25) is 0 Å². The standard InChI is InChI=1S/C24H24F4O3/c1-3-5-13-6-7-16(30-11-13)12-31-18-10-15-8-14-9-17(29-4-2)21(25)23(27)19(14)20(15)24(28)22(18)26/h7,9-10,13H,3-6,8,11-12H2,1-2H3. The first-order valence-corrected chi connectivity index (χ1v) is 10.5. The first-order valence-electron chi connectivity index (χ1n) is 10.5. The summed E-state index contributed by atoms with van der Waals surface area (Å²) in [5.41, 5.74) is 0.138. The van der Waals surface area contributed by atoms with Crippen molar-refractivity contribution in [3.05, 3.63) is 58.4 Å². The summed E-state index contributed by atoms with van der Waals surface area (Å²) >= 11 is 0. The molecule has 2 aromatic rings. The van der Waals surface area contributed by atoms with Crippen molar-refractivity contribution in [3.8, 4) is 22.6 Å². The summed E-state index contributed by atoms with van der Waals surface area (Å²) in [7, 11) is 0. The predicted octanol–water partition coefficient (Wildman–Crippen LogP) is 6.31. The van der Waals surface area contributed by atoms with Crippen molar-refractivity contribution in [1.82, 2.24) is 0 Å². The Bertz CT molecular complexity index is 1030. The molecule has 2 aliphatic rings. The van der Waals surface area contributed by atoms with Gasteiger partial charge in [-0.15, -0.1) is 0 Å². The summed E-state index contributed by atoms with van der Waals surface area (Å²) in [6.07, 6.45) is 5.03. The van der Waals surface area contributed by atoms with E-state index in [4.69, 9.17) is 14.2 Å². The summed E-state index contributed by atoms with van der Waals surface area (Å²) in [4.78, 5) is 0. The van der Waals surface area contributed by atoms with Gasteiger partial charge in [0.1, 0.15) is 12.4 Å². The minimum atomic E-state index is -1.25. The van der Waals surface area contributed by atoms with Crippen molar-refractivity contribution in [2.24, 2.45) is 5.92 Å². The lowest BCUT2D eigenvalue weighted by Gasteiger charge is -2.23. The number of hydrogen-bond acceptors (Lipinski definition) is 3. The lowest BCUT2D eigenvalue weighted by Crippen LogP contribution is -2.17. The lowest BCUT2D eigenvalue weighted by atomic mass is 9.99. The van der Waals surface area contributed by atoms with Crippen molar-refractivity contribution < 1.29 is 31.8 Å². The van der Waals surface area contributed by atoms with E-state index in [0.717, 1.165) is 19.3 Å². The summed E-state index contributed by atoms with van der Waals surface area (Å²) in [5.74, 6) is -4.44. The number of halogens is 4. The number of rotatable bonds is 7. The largest absolute Gasteiger partial charge is 0.494 e. The fourth-order valence-corrected chi connectivity index (χ4v) is 4.20. The van der Waals surface area contributed by atoms with Crippen LogP contribution in [0.4, 0.5) is 17.6 Å². The molecule has 1 heterocycles. The molecule has 0 radical (unpaired) electrons. The van der Waals surface area contributed by atoms with E-state index in [0.29, 0.717) is 29.4 Å². The van der Waals surface area contributed by atoms with Gasteiger partial charge in [-0.25, -0.2) is 8.78 Å². The van der Waals surface area contributed by atoms with Gasteiger partial charge in [-0.2, -0.15) is 8.78 Å². The maximum Gasteiger partial charge on any atom is 0.201 e. The van der Waals surface area contributed by atoms with Crippen molar-refractivity contribution in [1.29, 1.82) is 0 Å². The van der Waals surface area contributed by atoms with Crippen LogP contribution in [0.1, 0.15) is 44.2 Å². The van der Waals surface area contributed by atoms with Gasteiger partial charge < -0.3 is 14.2 Å². The number of benzene rings is 2. The van der Waals surface area contributed by atoms with Crippen LogP contribution in [-0.4, -0.2) is 19.8 Å². The molecule has 1 aliphatic heterocycles. The average molecular weight is 436 g/mol. The van der Waals surface area contributed by atoms with Crippen molar-refractivity contribution in [2.75, 3.05) is 19.8 Å². The molecule has 3 nitrogen and oxygen atoms in total. The van der Waals surface area contributed by atoms with Crippen LogP contribution in [0.3, 0.4) is 0 Å². The molecule has 1 atom stereocenters. The Kier molecular flexibility index (Phi) is 6.12. The fraction of sp³-hybridized carbons (Fsp3) is 0.417. The van der Waals surface area contributed by atoms with Gasteiger partial charge in [0, 0.05) is 11.1 Å². The summed E-state index contributed by atoms with van der Waals surface area (Å²) in [6, 6.07) is 2.68. The highest BCUT2D eigenvalue weighted by molar-refractivity contribution is 5.79. The molecular weight excluding hydrogens is 412 g/mol. The van der Waals surface area contributed by atoms with Gasteiger partial charge in [-0.1, -0.05) is 13.3 Å². The predicted molar refractivity (Wildman–Crippen MR) is 108 cm³/mol. The topological polar surface area (TPSA) is 27.7 Å². The fourth-order valence-electron chi connectivity index (χ4n) is 4.20. The molecule has 7 heteroatoms. The van der Waals surface area contributed by atoms with E-state index in [1.165, 1.54) is 12.1 Å². The van der Waals surface area contributed by atoms with Gasteiger partial charge in [0.15, 0.2) is 23.1 Å². The zero-order valence-corrected chi connectivity index (χ0v) is 17.5. The van der Waals surface area contributed by atoms with Crippen molar-refractivity contribution in [3.63, 3.8) is 0 Å². The van der Waals surface area contributed by atoms with E-state index in [1.54, 1.807) is 6.92 Å². The molecule has 1 aliphatic carbocycles. The van der Waals surface area contributed by atoms with Gasteiger partial charge in [-0.05, 0) is 61.4 Å². The smallest absolute Gasteiger partial charge is 0.201 e. The molecule has 4 rings (SSSR count). The average Bonchev–Trinajstić information content (AvgIpc) is 3.13. The molecule has 0 bridgehead atoms. The lowest BCUT2D eigenvalue weighted by molar-refractivity contribution is 0.113. The van der Waals surface area contributed by atoms with Crippen LogP contribution in [0, 0.1) is 29.2 Å². The van der Waals surface area contributed by atoms with E-state index in [9.17, 15) is 17.6 Å². The van der Waals surface area contributed by atoms with E-state index in [1.807, 2.05) is 6.08 Å². The number of allylic oxidation sites excluding steroid dienone is 1. The highest BCUT2D eigenvalue weighted by atomic mass is 19.2. The monoisotopic (exact) mass is 436 g/mol. The zero-order valence-electron chi connectivity index (χ0n) is 17.5. The molecule has 0 fully saturated rings. The quantitative estimate of drug-likeness (QED) is 0.406. The Labute approximate surface area is 178 Å². The van der Waals surface area contributed by atoms with Crippen LogP contribution in [0.2, 0.25) is 0 Å². The first-order chi connectivity index (χ1) is 14.9. The molecule has 1 unspecified atom stereocenters. The third kappa shape index (κ3) is 3.98. The maximum absolute atomic E-state index is 14.9.